The van der Waals surface area contributed by atoms with Crippen LogP contribution < -0.4 is 5.32 Å². The lowest BCUT2D eigenvalue weighted by atomic mass is 9.91. The first-order valence-corrected chi connectivity index (χ1v) is 11.4. The van der Waals surface area contributed by atoms with Crippen LogP contribution in [-0.2, 0) is 30.8 Å². The topological polar surface area (TPSA) is 57.6 Å². The summed E-state index contributed by atoms with van der Waals surface area (Å²) in [6.07, 6.45) is 2.23. The van der Waals surface area contributed by atoms with Crippen molar-refractivity contribution in [3.05, 3.63) is 98.6 Å². The van der Waals surface area contributed by atoms with Crippen molar-refractivity contribution in [1.29, 1.82) is 0 Å². The summed E-state index contributed by atoms with van der Waals surface area (Å²) in [5.41, 5.74) is 8.57. The number of fused-ring (bicyclic) bond motifs is 2. The number of aryl methyl sites for hydroxylation is 1. The van der Waals surface area contributed by atoms with Crippen molar-refractivity contribution >= 4 is 23.2 Å². The zero-order chi connectivity index (χ0) is 22.9. The van der Waals surface area contributed by atoms with Crippen LogP contribution in [0.3, 0.4) is 0 Å². The summed E-state index contributed by atoms with van der Waals surface area (Å²) in [6, 6.07) is 13.1. The summed E-state index contributed by atoms with van der Waals surface area (Å²) in [7, 11) is 0. The lowest BCUT2D eigenvalue weighted by Crippen LogP contribution is -2.40. The minimum absolute atomic E-state index is 0.120. The number of halogens is 2. The smallest absolute Gasteiger partial charge is 0.227 e. The van der Waals surface area contributed by atoms with E-state index in [0.717, 1.165) is 33.7 Å². The maximum atomic E-state index is 13.3. The average molecular weight is 463 g/mol. The van der Waals surface area contributed by atoms with Gasteiger partial charge in [-0.3, -0.25) is 14.8 Å². The standard InChI is InChI=1S/C26H24ClFN4O/c1-16-8-18(4-5-30-16)26-22-11-21-15-32(25(33)12-19(21)10-20(22)14-31-26)7-6-29-13-17-2-3-24(28)23(27)9-17/h2-5,8-11,29H,6-7,12-15H2,1H3. The van der Waals surface area contributed by atoms with E-state index < -0.39 is 5.82 Å². The monoisotopic (exact) mass is 462 g/mol. The number of aliphatic imine (C=N–C) groups is 1. The maximum absolute atomic E-state index is 13.3. The SMILES string of the molecule is Cc1cc(C2=NCc3cc4c(cc32)CN(CCNCc2ccc(F)c(Cl)c2)C(=O)C4)ccn1. The van der Waals surface area contributed by atoms with Crippen LogP contribution in [-0.4, -0.2) is 34.6 Å². The van der Waals surface area contributed by atoms with Crippen molar-refractivity contribution in [3.63, 3.8) is 0 Å². The Kier molecular flexibility index (Phi) is 5.96. The number of pyridine rings is 1. The van der Waals surface area contributed by atoms with Crippen molar-refractivity contribution < 1.29 is 9.18 Å². The molecule has 2 aliphatic heterocycles. The lowest BCUT2D eigenvalue weighted by molar-refractivity contribution is -0.131. The number of aromatic nitrogens is 1. The second kappa shape index (κ2) is 9.04. The van der Waals surface area contributed by atoms with Gasteiger partial charge in [0, 0.05) is 49.2 Å². The Labute approximate surface area is 197 Å². The molecule has 1 N–H and O–H groups in total. The van der Waals surface area contributed by atoms with Crippen LogP contribution in [0.2, 0.25) is 5.02 Å². The molecule has 3 aromatic rings. The van der Waals surface area contributed by atoms with E-state index in [0.29, 0.717) is 39.1 Å². The highest BCUT2D eigenvalue weighted by Gasteiger charge is 2.27. The van der Waals surface area contributed by atoms with Gasteiger partial charge in [0.1, 0.15) is 5.82 Å². The normalized spacial score (nSPS) is 14.8. The molecular weight excluding hydrogens is 439 g/mol. The molecule has 0 radical (unpaired) electrons. The number of hydrogen-bond donors (Lipinski definition) is 1. The zero-order valence-corrected chi connectivity index (χ0v) is 19.1. The van der Waals surface area contributed by atoms with E-state index in [1.165, 1.54) is 17.2 Å². The predicted octanol–water partition coefficient (Wildman–Crippen LogP) is 4.21. The first kappa shape index (κ1) is 21.7. The fourth-order valence-electron chi connectivity index (χ4n) is 4.46. The summed E-state index contributed by atoms with van der Waals surface area (Å²) in [6.45, 7) is 5.04. The summed E-state index contributed by atoms with van der Waals surface area (Å²) in [5.74, 6) is -0.283. The number of amides is 1. The van der Waals surface area contributed by atoms with Crippen molar-refractivity contribution in [2.45, 2.75) is 33.0 Å². The van der Waals surface area contributed by atoms with Crippen molar-refractivity contribution in [2.24, 2.45) is 4.99 Å². The average Bonchev–Trinajstić information content (AvgIpc) is 3.20. The molecule has 0 bridgehead atoms. The number of benzene rings is 2. The Bertz CT molecular complexity index is 1270. The quantitative estimate of drug-likeness (QED) is 0.558. The fraction of sp³-hybridized carbons (Fsp3) is 0.269. The zero-order valence-electron chi connectivity index (χ0n) is 18.4. The number of nitrogens with zero attached hydrogens (tertiary/aromatic N) is 3. The molecule has 3 heterocycles. The molecule has 0 saturated heterocycles. The fourth-order valence-corrected chi connectivity index (χ4v) is 4.66. The Morgan fingerprint density at radius 3 is 2.82 bits per heavy atom. The number of rotatable bonds is 6. The third-order valence-corrected chi connectivity index (χ3v) is 6.48. The van der Waals surface area contributed by atoms with Gasteiger partial charge in [0.2, 0.25) is 5.91 Å². The molecule has 1 aromatic heterocycles. The molecule has 0 aliphatic carbocycles. The van der Waals surface area contributed by atoms with E-state index in [1.807, 2.05) is 24.1 Å². The van der Waals surface area contributed by atoms with Gasteiger partial charge in [-0.05, 0) is 59.5 Å². The van der Waals surface area contributed by atoms with Gasteiger partial charge in [-0.1, -0.05) is 23.7 Å². The van der Waals surface area contributed by atoms with Gasteiger partial charge in [-0.2, -0.15) is 0 Å². The van der Waals surface area contributed by atoms with Crippen molar-refractivity contribution in [3.8, 4) is 0 Å². The summed E-state index contributed by atoms with van der Waals surface area (Å²) in [5, 5.41) is 3.44. The first-order valence-electron chi connectivity index (χ1n) is 11.0. The Morgan fingerprint density at radius 2 is 2.00 bits per heavy atom. The number of hydrogen-bond acceptors (Lipinski definition) is 4. The molecule has 5 rings (SSSR count). The number of carbonyl (C=O) groups excluding carboxylic acids is 1. The van der Waals surface area contributed by atoms with Gasteiger partial charge < -0.3 is 10.2 Å². The second-order valence-electron chi connectivity index (χ2n) is 8.55. The molecule has 168 valence electrons. The minimum Gasteiger partial charge on any atom is -0.337 e. The molecule has 7 heteroatoms. The van der Waals surface area contributed by atoms with Gasteiger partial charge >= 0.3 is 0 Å². The van der Waals surface area contributed by atoms with E-state index in [-0.39, 0.29) is 10.9 Å². The molecule has 1 amide bonds. The van der Waals surface area contributed by atoms with Crippen LogP contribution in [0.15, 0.2) is 53.7 Å². The third kappa shape index (κ3) is 4.54. The van der Waals surface area contributed by atoms with Gasteiger partial charge in [0.05, 0.1) is 23.7 Å². The second-order valence-corrected chi connectivity index (χ2v) is 8.95. The van der Waals surface area contributed by atoms with Crippen LogP contribution in [0.1, 0.15) is 39.1 Å². The predicted molar refractivity (Wildman–Crippen MR) is 127 cm³/mol. The number of nitrogens with one attached hydrogen (secondary N) is 1. The van der Waals surface area contributed by atoms with Gasteiger partial charge in [0.25, 0.3) is 0 Å². The highest BCUT2D eigenvalue weighted by atomic mass is 35.5. The van der Waals surface area contributed by atoms with E-state index in [4.69, 9.17) is 16.6 Å². The molecule has 0 fully saturated rings. The Morgan fingerprint density at radius 1 is 1.12 bits per heavy atom. The molecule has 2 aromatic carbocycles. The molecular formula is C26H24ClFN4O. The van der Waals surface area contributed by atoms with Crippen LogP contribution in [0.25, 0.3) is 0 Å². The van der Waals surface area contributed by atoms with Crippen LogP contribution in [0, 0.1) is 12.7 Å². The molecule has 5 nitrogen and oxygen atoms in total. The number of carbonyl (C=O) groups is 1. The van der Waals surface area contributed by atoms with Crippen molar-refractivity contribution in [1.82, 2.24) is 15.2 Å². The first-order chi connectivity index (χ1) is 16.0. The molecule has 0 atom stereocenters. The molecule has 0 spiro atoms. The van der Waals surface area contributed by atoms with E-state index in [1.54, 1.807) is 12.1 Å². The third-order valence-electron chi connectivity index (χ3n) is 6.19. The van der Waals surface area contributed by atoms with E-state index in [2.05, 4.69) is 28.5 Å². The summed E-state index contributed by atoms with van der Waals surface area (Å²) >= 11 is 5.85. The van der Waals surface area contributed by atoms with Crippen LogP contribution in [0.4, 0.5) is 4.39 Å². The molecule has 0 saturated carbocycles. The summed E-state index contributed by atoms with van der Waals surface area (Å²) < 4.78 is 13.3. The Hall–Kier alpha value is -3.09. The maximum Gasteiger partial charge on any atom is 0.227 e. The molecule has 2 aliphatic rings. The summed E-state index contributed by atoms with van der Waals surface area (Å²) in [4.78, 5) is 23.7. The Balaban J connectivity index is 1.25. The lowest BCUT2D eigenvalue weighted by Gasteiger charge is -2.29. The minimum atomic E-state index is -0.420. The highest BCUT2D eigenvalue weighted by molar-refractivity contribution is 6.30. The van der Waals surface area contributed by atoms with Crippen molar-refractivity contribution in [2.75, 3.05) is 13.1 Å². The molecule has 33 heavy (non-hydrogen) atoms. The molecule has 0 unspecified atom stereocenters. The highest BCUT2D eigenvalue weighted by Crippen LogP contribution is 2.30. The van der Waals surface area contributed by atoms with Crippen LogP contribution >= 0.6 is 11.6 Å². The van der Waals surface area contributed by atoms with Gasteiger partial charge in [0.15, 0.2) is 0 Å². The van der Waals surface area contributed by atoms with E-state index in [9.17, 15) is 9.18 Å². The largest absolute Gasteiger partial charge is 0.337 e. The van der Waals surface area contributed by atoms with Crippen LogP contribution in [0.5, 0.6) is 0 Å². The van der Waals surface area contributed by atoms with Gasteiger partial charge in [-0.15, -0.1) is 0 Å². The van der Waals surface area contributed by atoms with Gasteiger partial charge in [-0.25, -0.2) is 4.39 Å². The van der Waals surface area contributed by atoms with E-state index >= 15 is 0 Å².